The summed E-state index contributed by atoms with van der Waals surface area (Å²) in [6.07, 6.45) is 0. The van der Waals surface area contributed by atoms with Crippen LogP contribution in [0.25, 0.3) is 0 Å². The van der Waals surface area contributed by atoms with Gasteiger partial charge in [0.2, 0.25) is 11.9 Å². The first-order valence-corrected chi connectivity index (χ1v) is 12.1. The van der Waals surface area contributed by atoms with Gasteiger partial charge in [0.05, 0.1) is 6.54 Å². The highest BCUT2D eigenvalue weighted by Gasteiger charge is 2.08. The highest BCUT2D eigenvalue weighted by atomic mass is 35.5. The molecule has 0 saturated carbocycles. The Hall–Kier alpha value is -4.01. The number of aryl methyl sites for hydroxylation is 2. The summed E-state index contributed by atoms with van der Waals surface area (Å²) in [4.78, 5) is 13.5. The molecule has 182 valence electrons. The summed E-state index contributed by atoms with van der Waals surface area (Å²) in [6, 6.07) is 27.3. The number of aliphatic imine (C=N–C) groups is 1. The summed E-state index contributed by atoms with van der Waals surface area (Å²) in [6.45, 7) is 4.25. The molecule has 0 aliphatic heterocycles. The maximum absolute atomic E-state index is 6.00. The van der Waals surface area contributed by atoms with Crippen LogP contribution in [0.15, 0.2) is 89.9 Å². The van der Waals surface area contributed by atoms with E-state index in [0.29, 0.717) is 28.6 Å². The molecule has 0 aliphatic rings. The largest absolute Gasteiger partial charge is 0.356 e. The quantitative estimate of drug-likeness (QED) is 0.133. The van der Waals surface area contributed by atoms with Crippen molar-refractivity contribution in [2.24, 2.45) is 4.99 Å². The molecule has 1 heterocycles. The molecular weight excluding hydrogens is 490 g/mol. The molecule has 4 aromatic rings. The van der Waals surface area contributed by atoms with Crippen LogP contribution in [0.3, 0.4) is 0 Å². The Morgan fingerprint density at radius 3 is 2.08 bits per heavy atom. The highest BCUT2D eigenvalue weighted by molar-refractivity contribution is 7.80. The maximum atomic E-state index is 6.00. The smallest absolute Gasteiger partial charge is 0.229 e. The topological polar surface area (TPSA) is 86.3 Å². The van der Waals surface area contributed by atoms with Gasteiger partial charge in [0, 0.05) is 33.5 Å². The van der Waals surface area contributed by atoms with Gasteiger partial charge in [-0.15, -0.1) is 0 Å². The molecule has 4 rings (SSSR count). The van der Waals surface area contributed by atoms with Crippen LogP contribution in [-0.4, -0.2) is 21.0 Å². The second-order valence-electron chi connectivity index (χ2n) is 8.04. The first-order chi connectivity index (χ1) is 17.4. The van der Waals surface area contributed by atoms with Crippen molar-refractivity contribution in [1.29, 1.82) is 0 Å². The lowest BCUT2D eigenvalue weighted by Crippen LogP contribution is -2.39. The maximum Gasteiger partial charge on any atom is 0.229 e. The number of thiocarbonyl (C=S) groups is 1. The SMILES string of the molecule is Cc1cc(C)nc(NC(=NCc2ccc(Cl)cc2)NC(=S)Nc2ccc(Nc3ccccc3)cc2)n1. The minimum atomic E-state index is 0.380. The third-order valence-corrected chi connectivity index (χ3v) is 5.44. The van der Waals surface area contributed by atoms with Crippen LogP contribution in [0, 0.1) is 13.8 Å². The Morgan fingerprint density at radius 1 is 0.806 bits per heavy atom. The number of halogens is 1. The fourth-order valence-corrected chi connectivity index (χ4v) is 3.69. The lowest BCUT2D eigenvalue weighted by Gasteiger charge is -2.15. The van der Waals surface area contributed by atoms with E-state index in [9.17, 15) is 0 Å². The van der Waals surface area contributed by atoms with Crippen molar-refractivity contribution in [3.63, 3.8) is 0 Å². The number of aromatic nitrogens is 2. The molecule has 0 aliphatic carbocycles. The van der Waals surface area contributed by atoms with E-state index < -0.39 is 0 Å². The minimum Gasteiger partial charge on any atom is -0.356 e. The van der Waals surface area contributed by atoms with Crippen molar-refractivity contribution in [3.05, 3.63) is 107 Å². The van der Waals surface area contributed by atoms with E-state index in [0.717, 1.165) is 34.0 Å². The van der Waals surface area contributed by atoms with Crippen LogP contribution in [0.4, 0.5) is 23.0 Å². The second-order valence-corrected chi connectivity index (χ2v) is 8.88. The number of nitrogens with zero attached hydrogens (tertiary/aromatic N) is 3. The molecule has 0 fully saturated rings. The summed E-state index contributed by atoms with van der Waals surface area (Å²) < 4.78 is 0. The normalized spacial score (nSPS) is 11.0. The fraction of sp³-hybridized carbons (Fsp3) is 0.111. The summed E-state index contributed by atoms with van der Waals surface area (Å²) >= 11 is 11.5. The molecule has 36 heavy (non-hydrogen) atoms. The molecule has 0 saturated heterocycles. The summed E-state index contributed by atoms with van der Waals surface area (Å²) in [5.74, 6) is 0.865. The predicted octanol–water partition coefficient (Wildman–Crippen LogP) is 6.45. The van der Waals surface area contributed by atoms with Crippen molar-refractivity contribution in [2.45, 2.75) is 20.4 Å². The number of hydrogen-bond donors (Lipinski definition) is 4. The van der Waals surface area contributed by atoms with Gasteiger partial charge in [-0.25, -0.2) is 15.0 Å². The molecule has 3 aromatic carbocycles. The molecule has 7 nitrogen and oxygen atoms in total. The van der Waals surface area contributed by atoms with Crippen LogP contribution in [0.5, 0.6) is 0 Å². The van der Waals surface area contributed by atoms with Crippen molar-refractivity contribution >= 4 is 57.9 Å². The van der Waals surface area contributed by atoms with Gasteiger partial charge >= 0.3 is 0 Å². The van der Waals surface area contributed by atoms with Crippen molar-refractivity contribution in [1.82, 2.24) is 15.3 Å². The first kappa shape index (κ1) is 25.1. The van der Waals surface area contributed by atoms with E-state index >= 15 is 0 Å². The molecule has 0 atom stereocenters. The van der Waals surface area contributed by atoms with Crippen molar-refractivity contribution in [3.8, 4) is 0 Å². The van der Waals surface area contributed by atoms with Crippen molar-refractivity contribution < 1.29 is 0 Å². The molecule has 1 aromatic heterocycles. The molecule has 0 radical (unpaired) electrons. The van der Waals surface area contributed by atoms with Crippen LogP contribution in [0.1, 0.15) is 17.0 Å². The van der Waals surface area contributed by atoms with E-state index in [2.05, 4.69) is 36.2 Å². The number of rotatable bonds is 6. The zero-order valence-electron chi connectivity index (χ0n) is 19.9. The molecule has 4 N–H and O–H groups in total. The average molecular weight is 516 g/mol. The van der Waals surface area contributed by atoms with Crippen LogP contribution < -0.4 is 21.3 Å². The minimum absolute atomic E-state index is 0.380. The summed E-state index contributed by atoms with van der Waals surface area (Å²) in [5.41, 5.74) is 5.55. The monoisotopic (exact) mass is 515 g/mol. The van der Waals surface area contributed by atoms with E-state index in [4.69, 9.17) is 23.8 Å². The standard InChI is InChI=1S/C27H26ClN7S/c1-18-16-19(2)31-26(30-18)34-25(29-17-20-8-10-21(28)11-9-20)35-27(36)33-24-14-12-23(13-15-24)32-22-6-4-3-5-7-22/h3-16,32H,17H2,1-2H3,(H3,29,30,31,33,34,35,36). The Kier molecular flexibility index (Phi) is 8.44. The molecular formula is C27H26ClN7S. The lowest BCUT2D eigenvalue weighted by atomic mass is 10.2. The third kappa shape index (κ3) is 7.76. The van der Waals surface area contributed by atoms with E-state index in [1.54, 1.807) is 0 Å². The van der Waals surface area contributed by atoms with Gasteiger partial charge in [-0.3, -0.25) is 5.32 Å². The number of anilines is 4. The summed E-state index contributed by atoms with van der Waals surface area (Å²) in [7, 11) is 0. The van der Waals surface area contributed by atoms with Gasteiger partial charge in [-0.05, 0) is 86.2 Å². The predicted molar refractivity (Wildman–Crippen MR) is 153 cm³/mol. The number of nitrogens with one attached hydrogen (secondary N) is 4. The zero-order valence-corrected chi connectivity index (χ0v) is 21.5. The Labute approximate surface area is 221 Å². The second kappa shape index (κ2) is 12.1. The summed E-state index contributed by atoms with van der Waals surface area (Å²) in [5, 5.41) is 13.9. The van der Waals surface area contributed by atoms with Crippen LogP contribution in [0.2, 0.25) is 5.02 Å². The third-order valence-electron chi connectivity index (χ3n) is 4.98. The Morgan fingerprint density at radius 2 is 1.42 bits per heavy atom. The van der Waals surface area contributed by atoms with Gasteiger partial charge in [-0.1, -0.05) is 41.9 Å². The van der Waals surface area contributed by atoms with Crippen LogP contribution >= 0.6 is 23.8 Å². The molecule has 0 unspecified atom stereocenters. The fourth-order valence-electron chi connectivity index (χ4n) is 3.35. The van der Waals surface area contributed by atoms with E-state index in [1.165, 1.54) is 0 Å². The van der Waals surface area contributed by atoms with E-state index in [1.807, 2.05) is 98.8 Å². The first-order valence-electron chi connectivity index (χ1n) is 11.3. The van der Waals surface area contributed by atoms with Gasteiger partial charge in [0.1, 0.15) is 0 Å². The van der Waals surface area contributed by atoms with E-state index in [-0.39, 0.29) is 0 Å². The molecule has 0 bridgehead atoms. The number of guanidine groups is 1. The zero-order chi connectivity index (χ0) is 25.3. The van der Waals surface area contributed by atoms with Gasteiger partial charge < -0.3 is 16.0 Å². The van der Waals surface area contributed by atoms with Gasteiger partial charge in [0.15, 0.2) is 5.11 Å². The Balaban J connectivity index is 1.43. The lowest BCUT2D eigenvalue weighted by molar-refractivity contribution is 1.03. The number of hydrogen-bond acceptors (Lipinski definition) is 5. The average Bonchev–Trinajstić information content (AvgIpc) is 2.85. The van der Waals surface area contributed by atoms with Crippen LogP contribution in [-0.2, 0) is 6.54 Å². The molecule has 0 amide bonds. The molecule has 9 heteroatoms. The number of para-hydroxylation sites is 1. The van der Waals surface area contributed by atoms with Crippen molar-refractivity contribution in [2.75, 3.05) is 16.0 Å². The highest BCUT2D eigenvalue weighted by Crippen LogP contribution is 2.18. The van der Waals surface area contributed by atoms with Gasteiger partial charge in [-0.2, -0.15) is 0 Å². The molecule has 0 spiro atoms. The Bertz CT molecular complexity index is 1320. The van der Waals surface area contributed by atoms with Gasteiger partial charge in [0.25, 0.3) is 0 Å². The number of benzene rings is 3.